The normalized spacial score (nSPS) is 21.9. The number of piperazine rings is 1. The molecule has 7 nitrogen and oxygen atoms in total. The molecule has 0 unspecified atom stereocenters. The maximum Gasteiger partial charge on any atom is 0.322 e. The van der Waals surface area contributed by atoms with Crippen molar-refractivity contribution in [3.8, 4) is 5.75 Å². The van der Waals surface area contributed by atoms with Crippen LogP contribution < -0.4 is 25.2 Å². The Morgan fingerprint density at radius 1 is 1.11 bits per heavy atom. The third-order valence-electron chi connectivity index (χ3n) is 5.02. The van der Waals surface area contributed by atoms with Crippen LogP contribution in [0.15, 0.2) is 18.2 Å². The number of hydrogen-bond donors (Lipinski definition) is 4. The van der Waals surface area contributed by atoms with Gasteiger partial charge in [-0.1, -0.05) is 0 Å². The summed E-state index contributed by atoms with van der Waals surface area (Å²) in [5.41, 5.74) is 2.33. The van der Waals surface area contributed by atoms with E-state index in [1.54, 1.807) is 4.90 Å². The van der Waals surface area contributed by atoms with Crippen molar-refractivity contribution in [3.63, 3.8) is 0 Å². The molecule has 1 aromatic rings. The molecule has 0 spiro atoms. The first-order chi connectivity index (χ1) is 12.8. The van der Waals surface area contributed by atoms with Crippen molar-refractivity contribution in [1.82, 2.24) is 10.6 Å². The molecule has 0 aromatic heterocycles. The van der Waals surface area contributed by atoms with Gasteiger partial charge in [-0.2, -0.15) is 0 Å². The van der Waals surface area contributed by atoms with E-state index in [9.17, 15) is 9.59 Å². The monoisotopic (exact) mass is 376 g/mol. The van der Waals surface area contributed by atoms with Crippen molar-refractivity contribution in [2.45, 2.75) is 39.3 Å². The summed E-state index contributed by atoms with van der Waals surface area (Å²) in [5.74, 6) is 0.818. The fourth-order valence-electron chi connectivity index (χ4n) is 3.72. The van der Waals surface area contributed by atoms with Crippen molar-refractivity contribution in [3.05, 3.63) is 29.3 Å². The van der Waals surface area contributed by atoms with E-state index in [0.29, 0.717) is 6.54 Å². The molecule has 0 atom stereocenters. The lowest BCUT2D eigenvalue weighted by Gasteiger charge is -2.29. The van der Waals surface area contributed by atoms with Crippen LogP contribution in [0.4, 0.5) is 4.79 Å². The number of rotatable bonds is 4. The van der Waals surface area contributed by atoms with Gasteiger partial charge in [0.05, 0.1) is 6.61 Å². The van der Waals surface area contributed by atoms with Gasteiger partial charge in [-0.3, -0.25) is 10.1 Å². The van der Waals surface area contributed by atoms with Gasteiger partial charge >= 0.3 is 6.03 Å². The van der Waals surface area contributed by atoms with Gasteiger partial charge in [0.2, 0.25) is 0 Å². The molecule has 1 saturated heterocycles. The smallest absolute Gasteiger partial charge is 0.322 e. The second kappa shape index (κ2) is 8.27. The number of nitrogens with one attached hydrogen (secondary N) is 4. The van der Waals surface area contributed by atoms with Crippen molar-refractivity contribution in [2.75, 3.05) is 39.3 Å². The third kappa shape index (κ3) is 5.94. The van der Waals surface area contributed by atoms with E-state index >= 15 is 0 Å². The Kier molecular flexibility index (Phi) is 6.01. The number of imide groups is 1. The summed E-state index contributed by atoms with van der Waals surface area (Å²) in [5, 5.41) is 5.18. The van der Waals surface area contributed by atoms with Crippen molar-refractivity contribution >= 4 is 11.9 Å². The highest BCUT2D eigenvalue weighted by Crippen LogP contribution is 2.25. The van der Waals surface area contributed by atoms with Crippen LogP contribution in [0.3, 0.4) is 0 Å². The summed E-state index contributed by atoms with van der Waals surface area (Å²) in [7, 11) is 0. The number of hydrogen-bond acceptors (Lipinski definition) is 3. The minimum atomic E-state index is -0.420. The van der Waals surface area contributed by atoms with Crippen LogP contribution in [0, 0.1) is 0 Å². The van der Waals surface area contributed by atoms with E-state index in [0.717, 1.165) is 51.5 Å². The highest BCUT2D eigenvalue weighted by Gasteiger charge is 2.26. The number of carbonyl (C=O) groups is 2. The van der Waals surface area contributed by atoms with Gasteiger partial charge in [-0.05, 0) is 44.5 Å². The molecule has 7 heteroatoms. The summed E-state index contributed by atoms with van der Waals surface area (Å²) in [6.07, 6.45) is 1.01. The standard InChI is InChI=1S/C20H30N4O3/c1-20(2,3)22-19(26)21-18(25)14-24-9-7-23(8-10-24)13-15-4-5-17-16(12-15)6-11-27-17/h4-5,12H,6-11,13-14H2,1-3H3,(H2,21,22,25,26)/p+2. The van der Waals surface area contributed by atoms with Gasteiger partial charge in [0.15, 0.2) is 6.54 Å². The molecule has 2 aliphatic heterocycles. The van der Waals surface area contributed by atoms with Gasteiger partial charge in [0.25, 0.3) is 5.91 Å². The highest BCUT2D eigenvalue weighted by molar-refractivity contribution is 5.94. The molecule has 3 amide bonds. The second-order valence-corrected chi connectivity index (χ2v) is 8.65. The largest absolute Gasteiger partial charge is 0.493 e. The zero-order chi connectivity index (χ0) is 19.4. The number of carbonyl (C=O) groups excluding carboxylic acids is 2. The molecule has 4 N–H and O–H groups in total. The van der Waals surface area contributed by atoms with Gasteiger partial charge in [0.1, 0.15) is 38.5 Å². The van der Waals surface area contributed by atoms with Gasteiger partial charge < -0.3 is 19.9 Å². The molecule has 1 aromatic carbocycles. The SMILES string of the molecule is CC(C)(C)NC(=O)NC(=O)C[NH+]1CC[NH+](Cc2ccc3c(c2)CCO3)CC1. The Labute approximate surface area is 161 Å². The topological polar surface area (TPSA) is 76.3 Å². The molecule has 0 aliphatic carbocycles. The molecule has 3 rings (SSSR count). The van der Waals surface area contributed by atoms with Crippen LogP contribution in [0.2, 0.25) is 0 Å². The van der Waals surface area contributed by atoms with E-state index in [2.05, 4.69) is 28.8 Å². The molecule has 27 heavy (non-hydrogen) atoms. The second-order valence-electron chi connectivity index (χ2n) is 8.65. The lowest BCUT2D eigenvalue weighted by Crippen LogP contribution is -3.28. The molecule has 148 valence electrons. The summed E-state index contributed by atoms with van der Waals surface area (Å²) in [6, 6.07) is 6.11. The zero-order valence-corrected chi connectivity index (χ0v) is 16.6. The summed E-state index contributed by atoms with van der Waals surface area (Å²) in [4.78, 5) is 26.6. The van der Waals surface area contributed by atoms with Gasteiger partial charge in [-0.25, -0.2) is 4.79 Å². The number of benzene rings is 1. The minimum Gasteiger partial charge on any atom is -0.493 e. The summed E-state index contributed by atoms with van der Waals surface area (Å²) in [6.45, 7) is 11.8. The molecule has 1 fully saturated rings. The average molecular weight is 377 g/mol. The zero-order valence-electron chi connectivity index (χ0n) is 16.6. The first kappa shape index (κ1) is 19.6. The van der Waals surface area contributed by atoms with Crippen LogP contribution in [0.25, 0.3) is 0 Å². The predicted molar refractivity (Wildman–Crippen MR) is 102 cm³/mol. The van der Waals surface area contributed by atoms with Crippen LogP contribution in [0.1, 0.15) is 31.9 Å². The van der Waals surface area contributed by atoms with Gasteiger partial charge in [0, 0.05) is 17.5 Å². The van der Waals surface area contributed by atoms with Crippen molar-refractivity contribution in [1.29, 1.82) is 0 Å². The molecule has 0 bridgehead atoms. The number of quaternary nitrogens is 2. The number of amides is 3. The Hall–Kier alpha value is -2.12. The Morgan fingerprint density at radius 3 is 2.52 bits per heavy atom. The van der Waals surface area contributed by atoms with E-state index in [1.165, 1.54) is 16.0 Å². The highest BCUT2D eigenvalue weighted by atomic mass is 16.5. The summed E-state index contributed by atoms with van der Waals surface area (Å²) >= 11 is 0. The lowest BCUT2D eigenvalue weighted by atomic mass is 10.1. The molecular formula is C20H32N4O3+2. The Balaban J connectivity index is 1.40. The van der Waals surface area contributed by atoms with Crippen LogP contribution in [-0.4, -0.2) is 56.8 Å². The van der Waals surface area contributed by atoms with E-state index in [1.807, 2.05) is 20.8 Å². The Morgan fingerprint density at radius 2 is 1.81 bits per heavy atom. The number of fused-ring (bicyclic) bond motifs is 1. The summed E-state index contributed by atoms with van der Waals surface area (Å²) < 4.78 is 5.57. The fourth-order valence-corrected chi connectivity index (χ4v) is 3.72. The average Bonchev–Trinajstić information content (AvgIpc) is 3.02. The third-order valence-corrected chi connectivity index (χ3v) is 5.02. The van der Waals surface area contributed by atoms with Crippen LogP contribution in [0.5, 0.6) is 5.75 Å². The van der Waals surface area contributed by atoms with E-state index in [-0.39, 0.29) is 11.4 Å². The van der Waals surface area contributed by atoms with Crippen LogP contribution >= 0.6 is 0 Å². The van der Waals surface area contributed by atoms with Crippen molar-refractivity contribution < 1.29 is 24.1 Å². The minimum absolute atomic E-state index is 0.214. The maximum absolute atomic E-state index is 12.1. The lowest BCUT2D eigenvalue weighted by molar-refractivity contribution is -1.02. The van der Waals surface area contributed by atoms with E-state index < -0.39 is 6.03 Å². The maximum atomic E-state index is 12.1. The first-order valence-electron chi connectivity index (χ1n) is 9.82. The van der Waals surface area contributed by atoms with Crippen molar-refractivity contribution in [2.24, 2.45) is 0 Å². The molecule has 2 aliphatic rings. The fraction of sp³-hybridized carbons (Fsp3) is 0.600. The predicted octanol–water partition coefficient (Wildman–Crippen LogP) is -1.47. The number of ether oxygens (including phenoxy) is 1. The quantitative estimate of drug-likeness (QED) is 0.518. The molecule has 0 saturated carbocycles. The number of urea groups is 1. The van der Waals surface area contributed by atoms with Gasteiger partial charge in [-0.15, -0.1) is 0 Å². The first-order valence-corrected chi connectivity index (χ1v) is 9.82. The van der Waals surface area contributed by atoms with E-state index in [4.69, 9.17) is 4.74 Å². The molecular weight excluding hydrogens is 344 g/mol. The van der Waals surface area contributed by atoms with Crippen LogP contribution in [-0.2, 0) is 17.8 Å². The molecule has 0 radical (unpaired) electrons. The Bertz CT molecular complexity index is 691. The molecule has 2 heterocycles.